The van der Waals surface area contributed by atoms with Gasteiger partial charge in [-0.3, -0.25) is 4.90 Å². The number of allylic oxidation sites excluding steroid dienone is 1. The first kappa shape index (κ1) is 17.0. The van der Waals surface area contributed by atoms with Gasteiger partial charge in [-0.2, -0.15) is 13.2 Å². The van der Waals surface area contributed by atoms with Crippen LogP contribution in [-0.4, -0.2) is 18.0 Å². The van der Waals surface area contributed by atoms with E-state index in [1.165, 1.54) is 17.7 Å². The Morgan fingerprint density at radius 1 is 1.17 bits per heavy atom. The van der Waals surface area contributed by atoms with Crippen LogP contribution >= 0.6 is 0 Å². The minimum absolute atomic E-state index is 0.0409. The lowest BCUT2D eigenvalue weighted by Gasteiger charge is -2.41. The van der Waals surface area contributed by atoms with Crippen molar-refractivity contribution in [3.05, 3.63) is 71.8 Å². The van der Waals surface area contributed by atoms with Gasteiger partial charge in [-0.05, 0) is 42.5 Å². The predicted molar refractivity (Wildman–Crippen MR) is 90.7 cm³/mol. The maximum Gasteiger partial charge on any atom is 0.416 e. The third-order valence-corrected chi connectivity index (χ3v) is 5.05. The van der Waals surface area contributed by atoms with Crippen LogP contribution in [0, 0.1) is 5.92 Å². The summed E-state index contributed by atoms with van der Waals surface area (Å²) in [7, 11) is 0. The minimum atomic E-state index is -4.31. The zero-order valence-electron chi connectivity index (χ0n) is 13.6. The Kier molecular flexibility index (Phi) is 4.68. The molecule has 2 aliphatic carbocycles. The quantitative estimate of drug-likeness (QED) is 0.660. The molecule has 0 saturated heterocycles. The highest BCUT2D eigenvalue weighted by molar-refractivity contribution is 5.44. The first-order chi connectivity index (χ1) is 11.5. The molecule has 0 bridgehead atoms. The molecule has 2 atom stereocenters. The van der Waals surface area contributed by atoms with Crippen LogP contribution in [0.25, 0.3) is 0 Å². The molecule has 0 amide bonds. The first-order valence-electron chi connectivity index (χ1n) is 8.30. The van der Waals surface area contributed by atoms with Gasteiger partial charge in [-0.15, -0.1) is 13.2 Å². The maximum absolute atomic E-state index is 13.2. The van der Waals surface area contributed by atoms with Crippen LogP contribution in [0.5, 0.6) is 0 Å². The first-order valence-corrected chi connectivity index (χ1v) is 8.30. The molecule has 0 fully saturated rings. The van der Waals surface area contributed by atoms with E-state index >= 15 is 0 Å². The van der Waals surface area contributed by atoms with E-state index in [9.17, 15) is 13.2 Å². The van der Waals surface area contributed by atoms with Crippen molar-refractivity contribution in [2.75, 3.05) is 13.1 Å². The van der Waals surface area contributed by atoms with Gasteiger partial charge in [0.05, 0.1) is 5.56 Å². The van der Waals surface area contributed by atoms with E-state index in [1.807, 2.05) is 12.2 Å². The summed E-state index contributed by atoms with van der Waals surface area (Å²) in [6, 6.07) is 4.17. The summed E-state index contributed by atoms with van der Waals surface area (Å²) in [5.74, 6) is 0.292. The molecule has 1 aromatic rings. The molecule has 0 unspecified atom stereocenters. The number of hydrogen-bond acceptors (Lipinski definition) is 1. The van der Waals surface area contributed by atoms with Crippen LogP contribution in [0.1, 0.15) is 35.6 Å². The molecule has 128 valence electrons. The second kappa shape index (κ2) is 6.60. The van der Waals surface area contributed by atoms with Crippen LogP contribution in [-0.2, 0) is 12.6 Å². The molecule has 0 saturated carbocycles. The van der Waals surface area contributed by atoms with Crippen molar-refractivity contribution in [3.8, 4) is 0 Å². The fourth-order valence-electron chi connectivity index (χ4n) is 4.08. The normalized spacial score (nSPS) is 22.8. The van der Waals surface area contributed by atoms with Gasteiger partial charge in [-0.25, -0.2) is 0 Å². The summed E-state index contributed by atoms with van der Waals surface area (Å²) in [6.07, 6.45) is 4.34. The molecule has 0 spiro atoms. The second-order valence-electron chi connectivity index (χ2n) is 6.53. The van der Waals surface area contributed by atoms with E-state index in [1.54, 1.807) is 6.07 Å². The molecular weight excluding hydrogens is 311 g/mol. The molecule has 3 rings (SSSR count). The van der Waals surface area contributed by atoms with Crippen molar-refractivity contribution < 1.29 is 13.2 Å². The van der Waals surface area contributed by atoms with E-state index in [-0.39, 0.29) is 6.04 Å². The Labute approximate surface area is 141 Å². The number of halogens is 3. The van der Waals surface area contributed by atoms with Crippen LogP contribution in [0.2, 0.25) is 0 Å². The van der Waals surface area contributed by atoms with Gasteiger partial charge in [0.25, 0.3) is 0 Å². The highest BCUT2D eigenvalue weighted by atomic mass is 19.4. The summed E-state index contributed by atoms with van der Waals surface area (Å²) in [6.45, 7) is 8.88. The summed E-state index contributed by atoms with van der Waals surface area (Å²) in [5.41, 5.74) is 2.63. The van der Waals surface area contributed by atoms with Gasteiger partial charge in [0.15, 0.2) is 0 Å². The van der Waals surface area contributed by atoms with Crippen molar-refractivity contribution in [2.45, 2.75) is 31.5 Å². The van der Waals surface area contributed by atoms with E-state index < -0.39 is 11.7 Å². The van der Waals surface area contributed by atoms with Crippen LogP contribution in [0.4, 0.5) is 13.2 Å². The second-order valence-corrected chi connectivity index (χ2v) is 6.53. The predicted octanol–water partition coefficient (Wildman–Crippen LogP) is 5.31. The van der Waals surface area contributed by atoms with Gasteiger partial charge in [0, 0.05) is 25.0 Å². The average molecular weight is 333 g/mol. The lowest BCUT2D eigenvalue weighted by molar-refractivity contribution is -0.137. The monoisotopic (exact) mass is 333 g/mol. The zero-order chi connectivity index (χ0) is 17.3. The summed E-state index contributed by atoms with van der Waals surface area (Å²) in [4.78, 5) is 2.18. The van der Waals surface area contributed by atoms with Crippen LogP contribution in [0.3, 0.4) is 0 Å². The lowest BCUT2D eigenvalue weighted by Crippen LogP contribution is -2.37. The van der Waals surface area contributed by atoms with E-state index in [0.29, 0.717) is 19.0 Å². The molecule has 1 aromatic carbocycles. The Hall–Kier alpha value is -1.81. The van der Waals surface area contributed by atoms with E-state index in [0.717, 1.165) is 30.4 Å². The standard InChI is InChI=1S/C20H22F3N/c1-3-10-24(11-4-2)19-17-7-5-6-14(17)12-15-8-9-16(13-18(15)19)20(21,22)23/h3-4,6,8-9,13,17,19H,1-2,5,7,10-12H2/t17-,19+/m1/s1. The Morgan fingerprint density at radius 2 is 1.88 bits per heavy atom. The van der Waals surface area contributed by atoms with Crippen molar-refractivity contribution in [1.29, 1.82) is 0 Å². The smallest absolute Gasteiger partial charge is 0.288 e. The van der Waals surface area contributed by atoms with Gasteiger partial charge < -0.3 is 0 Å². The lowest BCUT2D eigenvalue weighted by atomic mass is 9.76. The third kappa shape index (κ3) is 3.07. The van der Waals surface area contributed by atoms with Gasteiger partial charge in [0.2, 0.25) is 0 Å². The largest absolute Gasteiger partial charge is 0.416 e. The van der Waals surface area contributed by atoms with Gasteiger partial charge in [0.1, 0.15) is 0 Å². The van der Waals surface area contributed by atoms with Crippen LogP contribution in [0.15, 0.2) is 55.2 Å². The summed E-state index contributed by atoms with van der Waals surface area (Å²) >= 11 is 0. The number of benzene rings is 1. The van der Waals surface area contributed by atoms with E-state index in [4.69, 9.17) is 0 Å². The van der Waals surface area contributed by atoms with Gasteiger partial charge >= 0.3 is 6.18 Å². The zero-order valence-corrected chi connectivity index (χ0v) is 13.6. The number of rotatable bonds is 5. The number of nitrogens with zero attached hydrogens (tertiary/aromatic N) is 1. The minimum Gasteiger partial charge on any atom is -0.288 e. The van der Waals surface area contributed by atoms with Crippen LogP contribution < -0.4 is 0 Å². The Morgan fingerprint density at radius 3 is 2.50 bits per heavy atom. The molecule has 0 heterocycles. The highest BCUT2D eigenvalue weighted by Crippen LogP contribution is 2.48. The number of fused-ring (bicyclic) bond motifs is 2. The molecule has 0 radical (unpaired) electrons. The fraction of sp³-hybridized carbons (Fsp3) is 0.400. The maximum atomic E-state index is 13.2. The van der Waals surface area contributed by atoms with E-state index in [2.05, 4.69) is 24.1 Å². The van der Waals surface area contributed by atoms with Crippen molar-refractivity contribution in [2.24, 2.45) is 5.92 Å². The average Bonchev–Trinajstić information content (AvgIpc) is 2.99. The van der Waals surface area contributed by atoms with Crippen molar-refractivity contribution in [1.82, 2.24) is 4.90 Å². The Balaban J connectivity index is 2.10. The molecule has 0 N–H and O–H groups in total. The third-order valence-electron chi connectivity index (χ3n) is 5.05. The van der Waals surface area contributed by atoms with Gasteiger partial charge in [-0.1, -0.05) is 29.9 Å². The topological polar surface area (TPSA) is 3.24 Å². The molecule has 24 heavy (non-hydrogen) atoms. The molecule has 2 aliphatic rings. The molecule has 4 heteroatoms. The Bertz CT molecular complexity index is 662. The SMILES string of the molecule is C=CCN(CC=C)[C@@H]1c2cc(C(F)(F)F)ccc2CC2=CCC[C@H]21. The molecule has 1 nitrogen and oxygen atoms in total. The molecule has 0 aromatic heterocycles. The summed E-state index contributed by atoms with van der Waals surface area (Å²) < 4.78 is 39.6. The van der Waals surface area contributed by atoms with Crippen molar-refractivity contribution >= 4 is 0 Å². The molecular formula is C20H22F3N. The van der Waals surface area contributed by atoms with Crippen molar-refractivity contribution in [3.63, 3.8) is 0 Å². The number of alkyl halides is 3. The number of hydrogen-bond donors (Lipinski definition) is 0. The fourth-order valence-corrected chi connectivity index (χ4v) is 4.08. The molecule has 0 aliphatic heterocycles. The summed E-state index contributed by atoms with van der Waals surface area (Å²) in [5, 5.41) is 0. The highest BCUT2D eigenvalue weighted by Gasteiger charge is 2.39.